The molecule has 1 fully saturated rings. The number of carbonyl (C=O) groups excluding carboxylic acids is 2. The minimum Gasteiger partial charge on any atom is -0.492 e. The predicted octanol–water partition coefficient (Wildman–Crippen LogP) is -1.95. The van der Waals surface area contributed by atoms with Gasteiger partial charge in [0.15, 0.2) is 17.6 Å². The molecule has 4 aliphatic heterocycles. The number of nitrogens with two attached hydrogens (primary N) is 2. The van der Waals surface area contributed by atoms with Crippen LogP contribution < -0.4 is 32.2 Å². The largest absolute Gasteiger partial charge is 0.492 e. The number of nitrogens with zero attached hydrogens (tertiary/aromatic N) is 5. The Morgan fingerprint density at radius 3 is 2.74 bits per heavy atom. The van der Waals surface area contributed by atoms with Gasteiger partial charge < -0.3 is 47.3 Å². The molecule has 0 aliphatic carbocycles. The molecule has 9 N–H and O–H groups in total. The van der Waals surface area contributed by atoms with Crippen LogP contribution in [0, 0.1) is 6.92 Å². The Labute approximate surface area is 241 Å². The summed E-state index contributed by atoms with van der Waals surface area (Å²) < 4.78 is 5.89. The molecule has 4 aliphatic rings. The number of fused-ring (bicyclic) bond motifs is 1. The summed E-state index contributed by atoms with van der Waals surface area (Å²) in [5.41, 5.74) is 12.3. The number of nitrogens with one attached hydrogen (secondary N) is 3. The van der Waals surface area contributed by atoms with Gasteiger partial charge in [-0.05, 0) is 30.9 Å². The third kappa shape index (κ3) is 4.10. The SMILES string of the molecule is Cc1ccnc(C(=O)NC[C@@H]2N=C(N)N3CC(NC(=O)c4cccc5c4OCCC5(C)C)C(O)(O)[C@@]34NC(N)=N[C@@H]24)n1. The Bertz CT molecular complexity index is 1520. The van der Waals surface area contributed by atoms with Gasteiger partial charge in [0.2, 0.25) is 11.6 Å². The number of benzene rings is 1. The number of aliphatic imine (C=N–C) groups is 2. The van der Waals surface area contributed by atoms with Gasteiger partial charge in [0, 0.05) is 30.5 Å². The van der Waals surface area contributed by atoms with Crippen LogP contribution in [0.2, 0.25) is 0 Å². The molecule has 0 radical (unpaired) electrons. The molecule has 0 bridgehead atoms. The Morgan fingerprint density at radius 2 is 1.98 bits per heavy atom. The lowest BCUT2D eigenvalue weighted by Crippen LogP contribution is -2.78. The van der Waals surface area contributed by atoms with Gasteiger partial charge >= 0.3 is 0 Å². The van der Waals surface area contributed by atoms with Crippen LogP contribution >= 0.6 is 0 Å². The van der Waals surface area contributed by atoms with E-state index >= 15 is 0 Å². The van der Waals surface area contributed by atoms with Gasteiger partial charge in [0.1, 0.15) is 17.8 Å². The number of hydrogen-bond acceptors (Lipinski definition) is 13. The van der Waals surface area contributed by atoms with Crippen LogP contribution in [0.4, 0.5) is 0 Å². The van der Waals surface area contributed by atoms with Crippen molar-refractivity contribution in [3.63, 3.8) is 0 Å². The van der Waals surface area contributed by atoms with Crippen LogP contribution in [0.25, 0.3) is 0 Å². The lowest BCUT2D eigenvalue weighted by molar-refractivity contribution is -0.230. The molecule has 6 rings (SSSR count). The van der Waals surface area contributed by atoms with Gasteiger partial charge in [0.25, 0.3) is 11.8 Å². The summed E-state index contributed by atoms with van der Waals surface area (Å²) in [6.07, 6.45) is 2.28. The minimum atomic E-state index is -2.63. The summed E-state index contributed by atoms with van der Waals surface area (Å²) in [5.74, 6) is -3.37. The maximum atomic E-state index is 13.6. The quantitative estimate of drug-likeness (QED) is 0.193. The molecule has 42 heavy (non-hydrogen) atoms. The van der Waals surface area contributed by atoms with Crippen molar-refractivity contribution in [2.75, 3.05) is 19.7 Å². The summed E-state index contributed by atoms with van der Waals surface area (Å²) in [6, 6.07) is 3.94. The average molecular weight is 579 g/mol. The Morgan fingerprint density at radius 1 is 1.19 bits per heavy atom. The van der Waals surface area contributed by atoms with E-state index in [0.717, 1.165) is 12.0 Å². The molecule has 4 atom stereocenters. The number of aromatic nitrogens is 2. The second-order valence-corrected chi connectivity index (χ2v) is 11.7. The van der Waals surface area contributed by atoms with E-state index in [9.17, 15) is 19.8 Å². The van der Waals surface area contributed by atoms with Crippen molar-refractivity contribution in [2.24, 2.45) is 21.5 Å². The zero-order valence-electron chi connectivity index (χ0n) is 23.5. The predicted molar refractivity (Wildman–Crippen MR) is 150 cm³/mol. The lowest BCUT2D eigenvalue weighted by atomic mass is 9.79. The monoisotopic (exact) mass is 578 g/mol. The first kappa shape index (κ1) is 27.7. The van der Waals surface area contributed by atoms with Crippen LogP contribution in [0.1, 0.15) is 52.5 Å². The summed E-state index contributed by atoms with van der Waals surface area (Å²) in [6.45, 7) is 6.17. The summed E-state index contributed by atoms with van der Waals surface area (Å²) in [5, 5.41) is 31.8. The molecule has 1 spiro atoms. The van der Waals surface area contributed by atoms with E-state index in [-0.39, 0.29) is 41.8 Å². The second-order valence-electron chi connectivity index (χ2n) is 11.7. The average Bonchev–Trinajstić information content (AvgIpc) is 3.40. The van der Waals surface area contributed by atoms with Gasteiger partial charge in [-0.3, -0.25) is 9.59 Å². The molecule has 2 aromatic rings. The molecule has 1 saturated heterocycles. The third-order valence-electron chi connectivity index (χ3n) is 8.54. The number of rotatable bonds is 5. The second kappa shape index (κ2) is 9.52. The fourth-order valence-corrected chi connectivity index (χ4v) is 6.27. The highest BCUT2D eigenvalue weighted by molar-refractivity contribution is 5.98. The van der Waals surface area contributed by atoms with Crippen LogP contribution in [0.5, 0.6) is 5.75 Å². The van der Waals surface area contributed by atoms with E-state index in [2.05, 4.69) is 49.8 Å². The molecule has 222 valence electrons. The fraction of sp³-hybridized carbons (Fsp3) is 0.481. The van der Waals surface area contributed by atoms with Crippen LogP contribution in [0.3, 0.4) is 0 Å². The molecule has 1 unspecified atom stereocenters. The minimum absolute atomic E-state index is 0.0237. The van der Waals surface area contributed by atoms with E-state index in [1.165, 1.54) is 11.1 Å². The van der Waals surface area contributed by atoms with Crippen molar-refractivity contribution in [1.82, 2.24) is 30.8 Å². The van der Waals surface area contributed by atoms with Crippen molar-refractivity contribution in [1.29, 1.82) is 0 Å². The highest BCUT2D eigenvalue weighted by Crippen LogP contribution is 2.45. The number of amides is 2. The number of aliphatic hydroxyl groups is 2. The van der Waals surface area contributed by atoms with E-state index in [1.54, 1.807) is 25.1 Å². The third-order valence-corrected chi connectivity index (χ3v) is 8.54. The molecule has 5 heterocycles. The standard InChI is InChI=1S/C27H34N10O5/c1-13-7-9-30-20(32-13)22(39)31-11-16-19-26(36-23(28)35-19)27(40,41)17(12-37(26)24(29)33-16)34-21(38)14-5-4-6-15-18(14)42-10-8-25(15,2)3/h4-7,9,16-17,19,40-41H,8,10-12H2,1-3H3,(H2,29,33)(H,31,39)(H,34,38)(H3,28,35,36)/t16-,17?,19-,26-/m0/s1. The Hall–Kier alpha value is -4.50. The van der Waals surface area contributed by atoms with E-state index in [0.29, 0.717) is 18.1 Å². The molecule has 1 aromatic heterocycles. The maximum absolute atomic E-state index is 13.6. The van der Waals surface area contributed by atoms with Gasteiger partial charge in [-0.2, -0.15) is 0 Å². The van der Waals surface area contributed by atoms with Crippen molar-refractivity contribution < 1.29 is 24.5 Å². The van der Waals surface area contributed by atoms with Gasteiger partial charge in [-0.25, -0.2) is 20.0 Å². The van der Waals surface area contributed by atoms with E-state index in [4.69, 9.17) is 16.2 Å². The first-order valence-electron chi connectivity index (χ1n) is 13.7. The van der Waals surface area contributed by atoms with Gasteiger partial charge in [0.05, 0.1) is 18.2 Å². The first-order valence-corrected chi connectivity index (χ1v) is 13.7. The molecule has 1 aromatic carbocycles. The van der Waals surface area contributed by atoms with Crippen LogP contribution in [0.15, 0.2) is 40.4 Å². The highest BCUT2D eigenvalue weighted by Gasteiger charge is 2.73. The van der Waals surface area contributed by atoms with Crippen LogP contribution in [-0.2, 0) is 5.41 Å². The molecule has 0 saturated carbocycles. The van der Waals surface area contributed by atoms with Crippen molar-refractivity contribution in [3.05, 3.63) is 53.1 Å². The zero-order chi connectivity index (χ0) is 30.0. The Kier molecular flexibility index (Phi) is 6.27. The zero-order valence-corrected chi connectivity index (χ0v) is 23.5. The first-order chi connectivity index (χ1) is 19.8. The van der Waals surface area contributed by atoms with Gasteiger partial charge in [-0.15, -0.1) is 0 Å². The summed E-state index contributed by atoms with van der Waals surface area (Å²) in [4.78, 5) is 44.8. The summed E-state index contributed by atoms with van der Waals surface area (Å²) >= 11 is 0. The topological polar surface area (TPSA) is 226 Å². The molecular formula is C27H34N10O5. The van der Waals surface area contributed by atoms with Crippen molar-refractivity contribution >= 4 is 23.7 Å². The van der Waals surface area contributed by atoms with Gasteiger partial charge in [-0.1, -0.05) is 26.0 Å². The number of aryl methyl sites for hydroxylation is 1. The lowest BCUT2D eigenvalue weighted by Gasteiger charge is -2.49. The Balaban J connectivity index is 1.26. The van der Waals surface area contributed by atoms with Crippen LogP contribution in [-0.4, -0.2) is 98.1 Å². The normalized spacial score (nSPS) is 28.2. The van der Waals surface area contributed by atoms with Crippen molar-refractivity contribution in [2.45, 2.75) is 62.2 Å². The van der Waals surface area contributed by atoms with E-state index in [1.807, 2.05) is 6.07 Å². The fourth-order valence-electron chi connectivity index (χ4n) is 6.27. The number of carbonyl (C=O) groups is 2. The van der Waals surface area contributed by atoms with E-state index < -0.39 is 41.4 Å². The smallest absolute Gasteiger partial charge is 0.289 e. The summed E-state index contributed by atoms with van der Waals surface area (Å²) in [7, 11) is 0. The number of ether oxygens (including phenoxy) is 1. The highest BCUT2D eigenvalue weighted by atomic mass is 16.5. The molecule has 2 amide bonds. The molecule has 15 heteroatoms. The van der Waals surface area contributed by atoms with Crippen molar-refractivity contribution in [3.8, 4) is 5.75 Å². The number of para-hydroxylation sites is 1. The number of hydrogen-bond donors (Lipinski definition) is 7. The number of guanidine groups is 2. The molecule has 15 nitrogen and oxygen atoms in total. The molecular weight excluding hydrogens is 544 g/mol. The maximum Gasteiger partial charge on any atom is 0.289 e.